The summed E-state index contributed by atoms with van der Waals surface area (Å²) in [7, 11) is 0. The first-order valence-electron chi connectivity index (χ1n) is 7.36. The Morgan fingerprint density at radius 1 is 1.12 bits per heavy atom. The molecule has 0 saturated heterocycles. The van der Waals surface area contributed by atoms with E-state index in [4.69, 9.17) is 0 Å². The first-order chi connectivity index (χ1) is 11.5. The molecule has 5 heteroatoms. The quantitative estimate of drug-likeness (QED) is 0.734. The zero-order valence-corrected chi connectivity index (χ0v) is 13.0. The highest BCUT2D eigenvalue weighted by Gasteiger charge is 2.11. The van der Waals surface area contributed by atoms with Gasteiger partial charge in [-0.25, -0.2) is 9.18 Å². The summed E-state index contributed by atoms with van der Waals surface area (Å²) >= 11 is 0. The largest absolute Gasteiger partial charge is 0.478 e. The van der Waals surface area contributed by atoms with Crippen LogP contribution in [0.15, 0.2) is 60.8 Å². The smallest absolute Gasteiger partial charge is 0.337 e. The van der Waals surface area contributed by atoms with Gasteiger partial charge in [-0.05, 0) is 43.3 Å². The fraction of sp³-hybridized carbons (Fsp3) is 0.0526. The van der Waals surface area contributed by atoms with Gasteiger partial charge in [0.1, 0.15) is 5.82 Å². The number of hydrogen-bond donors (Lipinski definition) is 2. The van der Waals surface area contributed by atoms with Crippen molar-refractivity contribution in [2.24, 2.45) is 0 Å². The fourth-order valence-electron chi connectivity index (χ4n) is 2.40. The van der Waals surface area contributed by atoms with Crippen LogP contribution in [0.2, 0.25) is 0 Å². The van der Waals surface area contributed by atoms with E-state index in [1.807, 2.05) is 13.0 Å². The maximum absolute atomic E-state index is 13.8. The molecule has 1 heterocycles. The summed E-state index contributed by atoms with van der Waals surface area (Å²) in [5.41, 5.74) is 3.10. The molecule has 0 radical (unpaired) electrons. The van der Waals surface area contributed by atoms with E-state index in [1.54, 1.807) is 48.7 Å². The van der Waals surface area contributed by atoms with Crippen molar-refractivity contribution in [3.8, 4) is 11.3 Å². The molecule has 1 aromatic heterocycles. The lowest BCUT2D eigenvalue weighted by Crippen LogP contribution is -2.03. The Morgan fingerprint density at radius 2 is 1.92 bits per heavy atom. The first kappa shape index (κ1) is 15.7. The van der Waals surface area contributed by atoms with E-state index in [2.05, 4.69) is 10.3 Å². The Kier molecular flexibility index (Phi) is 4.24. The van der Waals surface area contributed by atoms with Crippen LogP contribution in [0.4, 0.5) is 15.8 Å². The minimum absolute atomic E-state index is 0.188. The van der Waals surface area contributed by atoms with Crippen LogP contribution >= 0.6 is 0 Å². The molecule has 0 fully saturated rings. The molecule has 24 heavy (non-hydrogen) atoms. The highest BCUT2D eigenvalue weighted by Crippen LogP contribution is 2.25. The molecule has 0 aliphatic carbocycles. The number of pyridine rings is 1. The van der Waals surface area contributed by atoms with E-state index in [1.165, 1.54) is 6.07 Å². The molecule has 3 aromatic rings. The lowest BCUT2D eigenvalue weighted by Gasteiger charge is -2.11. The summed E-state index contributed by atoms with van der Waals surface area (Å²) in [6.45, 7) is 1.83. The van der Waals surface area contributed by atoms with E-state index in [0.717, 1.165) is 5.56 Å². The van der Waals surface area contributed by atoms with Gasteiger partial charge in [0.05, 0.1) is 28.8 Å². The predicted octanol–water partition coefficient (Wildman–Crippen LogP) is 4.64. The van der Waals surface area contributed by atoms with Crippen LogP contribution in [0, 0.1) is 12.7 Å². The van der Waals surface area contributed by atoms with Crippen molar-refractivity contribution in [2.75, 3.05) is 5.32 Å². The number of carbonyl (C=O) groups is 1. The predicted molar refractivity (Wildman–Crippen MR) is 91.1 cm³/mol. The average Bonchev–Trinajstić information content (AvgIpc) is 2.57. The minimum Gasteiger partial charge on any atom is -0.478 e. The lowest BCUT2D eigenvalue weighted by atomic mass is 10.1. The number of nitrogens with one attached hydrogen (secondary N) is 1. The van der Waals surface area contributed by atoms with Crippen molar-refractivity contribution >= 4 is 17.3 Å². The van der Waals surface area contributed by atoms with Crippen molar-refractivity contribution in [3.05, 3.63) is 77.7 Å². The van der Waals surface area contributed by atoms with Crippen LogP contribution in [0.25, 0.3) is 11.3 Å². The second-order valence-corrected chi connectivity index (χ2v) is 5.39. The molecule has 0 unspecified atom stereocenters. The number of carboxylic acid groups (broad SMARTS) is 1. The zero-order valence-electron chi connectivity index (χ0n) is 13.0. The number of aromatic carboxylic acids is 1. The number of hydrogen-bond acceptors (Lipinski definition) is 3. The normalized spacial score (nSPS) is 10.4. The summed E-state index contributed by atoms with van der Waals surface area (Å²) in [5, 5.41) is 12.3. The van der Waals surface area contributed by atoms with Crippen LogP contribution in [-0.2, 0) is 0 Å². The third-order valence-electron chi connectivity index (χ3n) is 3.60. The molecule has 0 aliphatic heterocycles. The summed E-state index contributed by atoms with van der Waals surface area (Å²) < 4.78 is 13.8. The number of anilines is 2. The van der Waals surface area contributed by atoms with Gasteiger partial charge < -0.3 is 10.4 Å². The van der Waals surface area contributed by atoms with Gasteiger partial charge in [-0.2, -0.15) is 0 Å². The molecule has 120 valence electrons. The molecule has 2 aromatic carbocycles. The summed E-state index contributed by atoms with van der Waals surface area (Å²) in [6, 6.07) is 15.0. The van der Waals surface area contributed by atoms with Crippen LogP contribution in [0.5, 0.6) is 0 Å². The Balaban J connectivity index is 1.88. The molecule has 2 N–H and O–H groups in total. The number of nitrogens with zero attached hydrogens (tertiary/aromatic N) is 1. The molecule has 3 rings (SSSR count). The summed E-state index contributed by atoms with van der Waals surface area (Å²) in [4.78, 5) is 15.6. The molecule has 0 atom stereocenters. The van der Waals surface area contributed by atoms with Crippen LogP contribution in [0.1, 0.15) is 15.9 Å². The van der Waals surface area contributed by atoms with Crippen molar-refractivity contribution < 1.29 is 14.3 Å². The standard InChI is InChI=1S/C19H15FN2O2/c1-12-6-8-18(15(10-12)19(23)24)22-13-7-9-17(21-11-13)14-4-2-3-5-16(14)20/h2-11,22H,1H3,(H,23,24). The van der Waals surface area contributed by atoms with Crippen molar-refractivity contribution in [2.45, 2.75) is 6.92 Å². The molecule has 4 nitrogen and oxygen atoms in total. The van der Waals surface area contributed by atoms with Gasteiger partial charge in [0.15, 0.2) is 0 Å². The molecule has 0 spiro atoms. The van der Waals surface area contributed by atoms with Gasteiger partial charge in [-0.15, -0.1) is 0 Å². The Hall–Kier alpha value is -3.21. The SMILES string of the molecule is Cc1ccc(Nc2ccc(-c3ccccc3F)nc2)c(C(=O)O)c1. The van der Waals surface area contributed by atoms with Crippen LogP contribution in [0.3, 0.4) is 0 Å². The maximum Gasteiger partial charge on any atom is 0.337 e. The topological polar surface area (TPSA) is 62.2 Å². The molecule has 0 bridgehead atoms. The van der Waals surface area contributed by atoms with E-state index >= 15 is 0 Å². The van der Waals surface area contributed by atoms with Crippen molar-refractivity contribution in [1.29, 1.82) is 0 Å². The van der Waals surface area contributed by atoms with Crippen LogP contribution < -0.4 is 5.32 Å². The highest BCUT2D eigenvalue weighted by atomic mass is 19.1. The van der Waals surface area contributed by atoms with Gasteiger partial charge in [0.2, 0.25) is 0 Å². The second kappa shape index (κ2) is 6.50. The zero-order chi connectivity index (χ0) is 17.1. The lowest BCUT2D eigenvalue weighted by molar-refractivity contribution is 0.0698. The van der Waals surface area contributed by atoms with Crippen LogP contribution in [-0.4, -0.2) is 16.1 Å². The van der Waals surface area contributed by atoms with Gasteiger partial charge in [0, 0.05) is 5.56 Å². The summed E-state index contributed by atoms with van der Waals surface area (Å²) in [6.07, 6.45) is 1.55. The number of benzene rings is 2. The van der Waals surface area contributed by atoms with E-state index < -0.39 is 5.97 Å². The number of aromatic nitrogens is 1. The average molecular weight is 322 g/mol. The molecule has 0 aliphatic rings. The number of halogens is 1. The molecule has 0 amide bonds. The molecule has 0 saturated carbocycles. The van der Waals surface area contributed by atoms with E-state index in [0.29, 0.717) is 22.6 Å². The highest BCUT2D eigenvalue weighted by molar-refractivity contribution is 5.95. The third kappa shape index (κ3) is 3.25. The first-order valence-corrected chi connectivity index (χ1v) is 7.36. The minimum atomic E-state index is -1.00. The Labute approximate surface area is 138 Å². The van der Waals surface area contributed by atoms with Gasteiger partial charge >= 0.3 is 5.97 Å². The number of aryl methyl sites for hydroxylation is 1. The second-order valence-electron chi connectivity index (χ2n) is 5.39. The number of rotatable bonds is 4. The fourth-order valence-corrected chi connectivity index (χ4v) is 2.40. The van der Waals surface area contributed by atoms with Gasteiger partial charge in [-0.3, -0.25) is 4.98 Å². The van der Waals surface area contributed by atoms with E-state index in [-0.39, 0.29) is 11.4 Å². The maximum atomic E-state index is 13.8. The third-order valence-corrected chi connectivity index (χ3v) is 3.60. The van der Waals surface area contributed by atoms with Crippen molar-refractivity contribution in [3.63, 3.8) is 0 Å². The van der Waals surface area contributed by atoms with E-state index in [9.17, 15) is 14.3 Å². The monoisotopic (exact) mass is 322 g/mol. The van der Waals surface area contributed by atoms with Gasteiger partial charge in [-0.1, -0.05) is 23.8 Å². The Bertz CT molecular complexity index is 892. The van der Waals surface area contributed by atoms with Crippen molar-refractivity contribution in [1.82, 2.24) is 4.98 Å². The molecular formula is C19H15FN2O2. The molecular weight excluding hydrogens is 307 g/mol. The summed E-state index contributed by atoms with van der Waals surface area (Å²) in [5.74, 6) is -1.34. The van der Waals surface area contributed by atoms with Gasteiger partial charge in [0.25, 0.3) is 0 Å². The Morgan fingerprint density at radius 3 is 2.58 bits per heavy atom. The number of carboxylic acids is 1.